The zero-order valence-electron chi connectivity index (χ0n) is 45.3. The molecule has 1 rings (SSSR count). The van der Waals surface area contributed by atoms with E-state index >= 15 is 0 Å². The molecule has 0 radical (unpaired) electrons. The van der Waals surface area contributed by atoms with Gasteiger partial charge in [0.25, 0.3) is 0 Å². The lowest BCUT2D eigenvalue weighted by Crippen LogP contribution is -2.60. The SMILES string of the molecule is CCCCCCCCCCCCCC/C=C\CCCCCCCCCCCCC(O)C(=O)NC(COC1OC(CO)C(O)C(O)C1O)C(O)C(O)CCC/C=C/CCCCCCCCCCCCCC. The minimum atomic E-state index is -1.67. The van der Waals surface area contributed by atoms with Crippen molar-refractivity contribution in [3.63, 3.8) is 0 Å². The lowest BCUT2D eigenvalue weighted by atomic mass is 9.98. The van der Waals surface area contributed by atoms with Crippen molar-refractivity contribution < 1.29 is 50.0 Å². The lowest BCUT2D eigenvalue weighted by molar-refractivity contribution is -0.303. The van der Waals surface area contributed by atoms with Crippen LogP contribution in [0.1, 0.15) is 277 Å². The van der Waals surface area contributed by atoms with Crippen molar-refractivity contribution in [2.75, 3.05) is 13.2 Å². The second kappa shape index (κ2) is 48.5. The van der Waals surface area contributed by atoms with Gasteiger partial charge in [0.1, 0.15) is 36.6 Å². The zero-order valence-corrected chi connectivity index (χ0v) is 45.3. The molecule has 8 N–H and O–H groups in total. The molecule has 11 nitrogen and oxygen atoms in total. The Morgan fingerprint density at radius 2 is 0.843 bits per heavy atom. The van der Waals surface area contributed by atoms with Gasteiger partial charge in [0.05, 0.1) is 25.4 Å². The summed E-state index contributed by atoms with van der Waals surface area (Å²) in [7, 11) is 0. The summed E-state index contributed by atoms with van der Waals surface area (Å²) in [6.07, 6.45) is 46.7. The van der Waals surface area contributed by atoms with Gasteiger partial charge in [-0.25, -0.2) is 0 Å². The molecule has 11 heteroatoms. The molecule has 1 heterocycles. The van der Waals surface area contributed by atoms with Crippen LogP contribution < -0.4 is 5.32 Å². The maximum Gasteiger partial charge on any atom is 0.249 e. The molecular formula is C59H113NO10. The molecule has 9 atom stereocenters. The Hall–Kier alpha value is -1.41. The van der Waals surface area contributed by atoms with Gasteiger partial charge in [0.2, 0.25) is 5.91 Å². The Kier molecular flexibility index (Phi) is 46.2. The van der Waals surface area contributed by atoms with Crippen molar-refractivity contribution in [1.82, 2.24) is 5.32 Å². The summed E-state index contributed by atoms with van der Waals surface area (Å²) in [6.45, 7) is 3.47. The Labute approximate surface area is 429 Å². The highest BCUT2D eigenvalue weighted by atomic mass is 16.7. The van der Waals surface area contributed by atoms with E-state index in [1.54, 1.807) is 0 Å². The summed E-state index contributed by atoms with van der Waals surface area (Å²) in [5, 5.41) is 76.1. The smallest absolute Gasteiger partial charge is 0.249 e. The first-order valence-corrected chi connectivity index (χ1v) is 29.7. The quantitative estimate of drug-likeness (QED) is 0.0215. The van der Waals surface area contributed by atoms with Gasteiger partial charge in [-0.05, 0) is 64.2 Å². The fourth-order valence-corrected chi connectivity index (χ4v) is 9.61. The number of aliphatic hydroxyl groups excluding tert-OH is 7. The molecule has 1 aliphatic rings. The normalized spacial score (nSPS) is 20.4. The minimum Gasteiger partial charge on any atom is -0.394 e. The van der Waals surface area contributed by atoms with Crippen LogP contribution in [0.5, 0.6) is 0 Å². The molecule has 1 aliphatic heterocycles. The number of unbranched alkanes of at least 4 members (excludes halogenated alkanes) is 35. The molecule has 0 aromatic rings. The van der Waals surface area contributed by atoms with Crippen molar-refractivity contribution in [3.8, 4) is 0 Å². The van der Waals surface area contributed by atoms with Crippen LogP contribution in [0.4, 0.5) is 0 Å². The number of allylic oxidation sites excluding steroid dienone is 4. The highest BCUT2D eigenvalue weighted by Gasteiger charge is 2.44. The summed E-state index contributed by atoms with van der Waals surface area (Å²) in [5.74, 6) is -0.704. The molecule has 0 aromatic heterocycles. The van der Waals surface area contributed by atoms with Crippen LogP contribution in [-0.4, -0.2) is 110 Å². The second-order valence-corrected chi connectivity index (χ2v) is 21.1. The molecular weight excluding hydrogens is 883 g/mol. The van der Waals surface area contributed by atoms with E-state index in [9.17, 15) is 40.5 Å². The molecule has 0 aromatic carbocycles. The van der Waals surface area contributed by atoms with E-state index in [4.69, 9.17) is 9.47 Å². The third kappa shape index (κ3) is 36.5. The van der Waals surface area contributed by atoms with Gasteiger partial charge in [-0.15, -0.1) is 0 Å². The van der Waals surface area contributed by atoms with Gasteiger partial charge in [0.15, 0.2) is 6.29 Å². The summed E-state index contributed by atoms with van der Waals surface area (Å²) >= 11 is 0. The van der Waals surface area contributed by atoms with E-state index in [0.717, 1.165) is 38.5 Å². The van der Waals surface area contributed by atoms with Gasteiger partial charge in [-0.3, -0.25) is 4.79 Å². The van der Waals surface area contributed by atoms with E-state index in [-0.39, 0.29) is 12.8 Å². The van der Waals surface area contributed by atoms with Crippen molar-refractivity contribution >= 4 is 5.91 Å². The summed E-state index contributed by atoms with van der Waals surface area (Å²) in [6, 6.07) is -1.18. The molecule has 70 heavy (non-hydrogen) atoms. The predicted molar refractivity (Wildman–Crippen MR) is 289 cm³/mol. The average Bonchev–Trinajstić information content (AvgIpc) is 3.36. The molecule has 414 valence electrons. The largest absolute Gasteiger partial charge is 0.394 e. The monoisotopic (exact) mass is 996 g/mol. The second-order valence-electron chi connectivity index (χ2n) is 21.1. The Balaban J connectivity index is 2.29. The predicted octanol–water partition coefficient (Wildman–Crippen LogP) is 12.5. The molecule has 1 amide bonds. The number of aliphatic hydroxyl groups is 7. The zero-order chi connectivity index (χ0) is 51.1. The van der Waals surface area contributed by atoms with Gasteiger partial charge in [-0.2, -0.15) is 0 Å². The third-order valence-electron chi connectivity index (χ3n) is 14.5. The van der Waals surface area contributed by atoms with E-state index < -0.39 is 74.2 Å². The Morgan fingerprint density at radius 1 is 0.486 bits per heavy atom. The number of ether oxygens (including phenoxy) is 2. The molecule has 0 bridgehead atoms. The number of carbonyl (C=O) groups is 1. The lowest BCUT2D eigenvalue weighted by Gasteiger charge is -2.40. The van der Waals surface area contributed by atoms with E-state index in [1.807, 2.05) is 0 Å². The van der Waals surface area contributed by atoms with Crippen molar-refractivity contribution in [3.05, 3.63) is 24.3 Å². The molecule has 1 saturated heterocycles. The van der Waals surface area contributed by atoms with Crippen LogP contribution in [0.2, 0.25) is 0 Å². The van der Waals surface area contributed by atoms with E-state index in [2.05, 4.69) is 43.5 Å². The first-order valence-electron chi connectivity index (χ1n) is 29.7. The van der Waals surface area contributed by atoms with Crippen LogP contribution in [0.25, 0.3) is 0 Å². The number of hydrogen-bond acceptors (Lipinski definition) is 10. The molecule has 0 saturated carbocycles. The standard InChI is InChI=1S/C59H113NO10/c1-3-5-7-9-11-13-15-17-19-21-22-23-24-25-26-27-28-29-31-33-35-37-39-41-43-45-47-52(63)58(68)60-50(49-69-59-57(67)56(66)55(65)53(48-61)70-59)54(64)51(62)46-44-42-40-38-36-34-32-30-20-18-16-14-12-10-8-6-4-2/h25-26,38,40,50-57,59,61-67H,3-24,27-37,39,41-49H2,1-2H3,(H,60,68)/b26-25-,40-38+. The molecule has 1 fully saturated rings. The number of rotatable bonds is 51. The van der Waals surface area contributed by atoms with Crippen LogP contribution in [0.3, 0.4) is 0 Å². The fourth-order valence-electron chi connectivity index (χ4n) is 9.61. The van der Waals surface area contributed by atoms with Crippen LogP contribution in [0, 0.1) is 0 Å². The van der Waals surface area contributed by atoms with Crippen LogP contribution >= 0.6 is 0 Å². The molecule has 9 unspecified atom stereocenters. The van der Waals surface area contributed by atoms with Gasteiger partial charge in [-0.1, -0.05) is 237 Å². The first-order chi connectivity index (χ1) is 34.2. The third-order valence-corrected chi connectivity index (χ3v) is 14.5. The average molecular weight is 997 g/mol. The maximum absolute atomic E-state index is 13.2. The summed E-state index contributed by atoms with van der Waals surface area (Å²) < 4.78 is 11.1. The number of nitrogens with one attached hydrogen (secondary N) is 1. The van der Waals surface area contributed by atoms with Crippen molar-refractivity contribution in [2.45, 2.75) is 332 Å². The Morgan fingerprint density at radius 3 is 1.23 bits per heavy atom. The molecule has 0 aliphatic carbocycles. The highest BCUT2D eigenvalue weighted by Crippen LogP contribution is 2.23. The molecule has 0 spiro atoms. The van der Waals surface area contributed by atoms with Crippen molar-refractivity contribution in [1.29, 1.82) is 0 Å². The fraction of sp³-hybridized carbons (Fsp3) is 0.915. The highest BCUT2D eigenvalue weighted by molar-refractivity contribution is 5.80. The first kappa shape index (κ1) is 66.6. The summed E-state index contributed by atoms with van der Waals surface area (Å²) in [4.78, 5) is 13.2. The van der Waals surface area contributed by atoms with Crippen molar-refractivity contribution in [2.24, 2.45) is 0 Å². The van der Waals surface area contributed by atoms with Gasteiger partial charge >= 0.3 is 0 Å². The number of hydrogen-bond donors (Lipinski definition) is 8. The maximum atomic E-state index is 13.2. The van der Waals surface area contributed by atoms with Gasteiger partial charge in [0, 0.05) is 0 Å². The minimum absolute atomic E-state index is 0.254. The van der Waals surface area contributed by atoms with Crippen LogP contribution in [0.15, 0.2) is 24.3 Å². The number of amides is 1. The number of carbonyl (C=O) groups excluding carboxylic acids is 1. The summed E-state index contributed by atoms with van der Waals surface area (Å²) in [5.41, 5.74) is 0. The van der Waals surface area contributed by atoms with Crippen LogP contribution in [-0.2, 0) is 14.3 Å². The van der Waals surface area contributed by atoms with E-state index in [1.165, 1.54) is 199 Å². The Bertz CT molecular complexity index is 1190. The van der Waals surface area contributed by atoms with E-state index in [0.29, 0.717) is 12.8 Å². The van der Waals surface area contributed by atoms with Gasteiger partial charge < -0.3 is 50.5 Å². The topological polar surface area (TPSA) is 189 Å².